The molecule has 2 rings (SSSR count). The summed E-state index contributed by atoms with van der Waals surface area (Å²) in [7, 11) is 1.81. The van der Waals surface area contributed by atoms with E-state index in [2.05, 4.69) is 26.7 Å². The molecule has 0 aromatic carbocycles. The van der Waals surface area contributed by atoms with E-state index in [1.807, 2.05) is 19.3 Å². The largest absolute Gasteiger partial charge is 0.356 e. The van der Waals surface area contributed by atoms with Gasteiger partial charge in [-0.05, 0) is 30.9 Å². The van der Waals surface area contributed by atoms with Crippen molar-refractivity contribution in [2.45, 2.75) is 25.3 Å². The minimum atomic E-state index is 0. The van der Waals surface area contributed by atoms with Crippen molar-refractivity contribution in [1.29, 1.82) is 0 Å². The van der Waals surface area contributed by atoms with Crippen LogP contribution in [0.15, 0.2) is 29.5 Å². The third kappa shape index (κ3) is 5.34. The first-order valence-electron chi connectivity index (χ1n) is 5.74. The Kier molecular flexibility index (Phi) is 6.25. The number of rotatable bonds is 4. The minimum absolute atomic E-state index is 0. The Hall–Kier alpha value is -0.850. The summed E-state index contributed by atoms with van der Waals surface area (Å²) in [6.07, 6.45) is 7.20. The Morgan fingerprint density at radius 2 is 2.35 bits per heavy atom. The zero-order valence-corrected chi connectivity index (χ0v) is 12.3. The first-order valence-corrected chi connectivity index (χ1v) is 5.74. The predicted molar refractivity (Wildman–Crippen MR) is 80.9 cm³/mol. The number of pyridine rings is 1. The van der Waals surface area contributed by atoms with Gasteiger partial charge in [-0.1, -0.05) is 6.07 Å². The zero-order chi connectivity index (χ0) is 11.2. The lowest BCUT2D eigenvalue weighted by Crippen LogP contribution is -2.39. The average Bonchev–Trinajstić information content (AvgIpc) is 3.13. The van der Waals surface area contributed by atoms with E-state index in [1.54, 1.807) is 6.20 Å². The van der Waals surface area contributed by atoms with Crippen LogP contribution in [0.4, 0.5) is 0 Å². The van der Waals surface area contributed by atoms with Gasteiger partial charge in [0.15, 0.2) is 5.96 Å². The molecule has 0 amide bonds. The molecule has 0 saturated heterocycles. The van der Waals surface area contributed by atoms with Crippen LogP contribution in [0.1, 0.15) is 18.4 Å². The number of aromatic nitrogens is 1. The molecule has 1 aromatic rings. The Bertz CT molecular complexity index is 349. The van der Waals surface area contributed by atoms with Gasteiger partial charge in [-0.2, -0.15) is 0 Å². The molecule has 0 spiro atoms. The van der Waals surface area contributed by atoms with Crippen molar-refractivity contribution in [3.05, 3.63) is 30.1 Å². The van der Waals surface area contributed by atoms with Crippen LogP contribution in [-0.2, 0) is 6.42 Å². The third-order valence-electron chi connectivity index (χ3n) is 2.57. The molecule has 0 radical (unpaired) electrons. The molecule has 1 saturated carbocycles. The van der Waals surface area contributed by atoms with Crippen LogP contribution in [0.5, 0.6) is 0 Å². The standard InChI is InChI=1S/C12H18N4.HI/c1-13-12(16-11-4-5-11)15-8-6-10-3-2-7-14-9-10;/h2-3,7,9,11H,4-6,8H2,1H3,(H2,13,15,16);1H. The predicted octanol–water partition coefficient (Wildman–Crippen LogP) is 1.57. The second kappa shape index (κ2) is 7.47. The van der Waals surface area contributed by atoms with Crippen molar-refractivity contribution >= 4 is 29.9 Å². The lowest BCUT2D eigenvalue weighted by molar-refractivity contribution is 0.790. The maximum atomic E-state index is 4.18. The van der Waals surface area contributed by atoms with E-state index < -0.39 is 0 Å². The molecule has 4 nitrogen and oxygen atoms in total. The van der Waals surface area contributed by atoms with Gasteiger partial charge in [-0.25, -0.2) is 0 Å². The van der Waals surface area contributed by atoms with Crippen molar-refractivity contribution in [2.75, 3.05) is 13.6 Å². The zero-order valence-electron chi connectivity index (χ0n) is 10.0. The number of aliphatic imine (C=N–C) groups is 1. The summed E-state index contributed by atoms with van der Waals surface area (Å²) in [4.78, 5) is 8.27. The van der Waals surface area contributed by atoms with Crippen LogP contribution >= 0.6 is 24.0 Å². The molecule has 1 aliphatic rings. The maximum Gasteiger partial charge on any atom is 0.191 e. The Morgan fingerprint density at radius 1 is 1.53 bits per heavy atom. The Morgan fingerprint density at radius 3 is 2.94 bits per heavy atom. The molecule has 5 heteroatoms. The molecular weight excluding hydrogens is 327 g/mol. The van der Waals surface area contributed by atoms with Gasteiger partial charge in [0, 0.05) is 32.0 Å². The fourth-order valence-electron chi connectivity index (χ4n) is 1.49. The highest BCUT2D eigenvalue weighted by Crippen LogP contribution is 2.18. The van der Waals surface area contributed by atoms with Gasteiger partial charge >= 0.3 is 0 Å². The highest BCUT2D eigenvalue weighted by Gasteiger charge is 2.21. The average molecular weight is 346 g/mol. The molecule has 0 unspecified atom stereocenters. The summed E-state index contributed by atoms with van der Waals surface area (Å²) in [6.45, 7) is 0.887. The number of hydrogen-bond acceptors (Lipinski definition) is 2. The molecule has 1 heterocycles. The molecule has 2 N–H and O–H groups in total. The van der Waals surface area contributed by atoms with Crippen LogP contribution in [0.25, 0.3) is 0 Å². The van der Waals surface area contributed by atoms with Crippen molar-refractivity contribution in [2.24, 2.45) is 4.99 Å². The number of halogens is 1. The molecule has 94 valence electrons. The molecule has 0 atom stereocenters. The second-order valence-electron chi connectivity index (χ2n) is 4.03. The highest BCUT2D eigenvalue weighted by atomic mass is 127. The van der Waals surface area contributed by atoms with Gasteiger partial charge in [0.25, 0.3) is 0 Å². The molecule has 0 bridgehead atoms. The molecule has 1 aromatic heterocycles. The van der Waals surface area contributed by atoms with Gasteiger partial charge < -0.3 is 10.6 Å². The molecule has 0 aliphatic heterocycles. The number of nitrogens with zero attached hydrogens (tertiary/aromatic N) is 2. The van der Waals surface area contributed by atoms with E-state index >= 15 is 0 Å². The smallest absolute Gasteiger partial charge is 0.191 e. The number of guanidine groups is 1. The summed E-state index contributed by atoms with van der Waals surface area (Å²) in [5, 5.41) is 6.65. The quantitative estimate of drug-likeness (QED) is 0.494. The third-order valence-corrected chi connectivity index (χ3v) is 2.57. The van der Waals surface area contributed by atoms with Crippen LogP contribution in [0.3, 0.4) is 0 Å². The summed E-state index contributed by atoms with van der Waals surface area (Å²) in [5.74, 6) is 0.909. The van der Waals surface area contributed by atoms with Crippen LogP contribution < -0.4 is 10.6 Å². The van der Waals surface area contributed by atoms with Crippen molar-refractivity contribution < 1.29 is 0 Å². The first-order chi connectivity index (χ1) is 7.88. The molecule has 17 heavy (non-hydrogen) atoms. The molecule has 1 fully saturated rings. The first kappa shape index (κ1) is 14.2. The molecular formula is C12H19IN4. The summed E-state index contributed by atoms with van der Waals surface area (Å²) >= 11 is 0. The topological polar surface area (TPSA) is 49.3 Å². The van der Waals surface area contributed by atoms with Gasteiger partial charge in [0.2, 0.25) is 0 Å². The highest BCUT2D eigenvalue weighted by molar-refractivity contribution is 14.0. The Labute approximate surface area is 119 Å². The van der Waals surface area contributed by atoms with Gasteiger partial charge in [0.1, 0.15) is 0 Å². The summed E-state index contributed by atoms with van der Waals surface area (Å²) < 4.78 is 0. The van der Waals surface area contributed by atoms with E-state index in [4.69, 9.17) is 0 Å². The fourth-order valence-corrected chi connectivity index (χ4v) is 1.49. The van der Waals surface area contributed by atoms with Gasteiger partial charge in [0.05, 0.1) is 0 Å². The van der Waals surface area contributed by atoms with E-state index in [0.29, 0.717) is 6.04 Å². The van der Waals surface area contributed by atoms with Crippen LogP contribution in [-0.4, -0.2) is 30.6 Å². The summed E-state index contributed by atoms with van der Waals surface area (Å²) in [6, 6.07) is 4.70. The maximum absolute atomic E-state index is 4.18. The van der Waals surface area contributed by atoms with Crippen molar-refractivity contribution in [1.82, 2.24) is 15.6 Å². The SMILES string of the molecule is CN=C(NCCc1cccnc1)NC1CC1.I. The monoisotopic (exact) mass is 346 g/mol. The Balaban J connectivity index is 0.00000144. The van der Waals surface area contributed by atoms with E-state index in [0.717, 1.165) is 18.9 Å². The van der Waals surface area contributed by atoms with Gasteiger partial charge in [-0.3, -0.25) is 9.98 Å². The van der Waals surface area contributed by atoms with Crippen molar-refractivity contribution in [3.63, 3.8) is 0 Å². The normalized spacial score (nSPS) is 15.0. The van der Waals surface area contributed by atoms with Crippen LogP contribution in [0, 0.1) is 0 Å². The van der Waals surface area contributed by atoms with E-state index in [1.165, 1.54) is 18.4 Å². The van der Waals surface area contributed by atoms with Gasteiger partial charge in [-0.15, -0.1) is 24.0 Å². The minimum Gasteiger partial charge on any atom is -0.356 e. The second-order valence-corrected chi connectivity index (χ2v) is 4.03. The lowest BCUT2D eigenvalue weighted by atomic mass is 10.2. The van der Waals surface area contributed by atoms with Crippen molar-refractivity contribution in [3.8, 4) is 0 Å². The number of hydrogen-bond donors (Lipinski definition) is 2. The van der Waals surface area contributed by atoms with E-state index in [-0.39, 0.29) is 24.0 Å². The summed E-state index contributed by atoms with van der Waals surface area (Å²) in [5.41, 5.74) is 1.25. The van der Waals surface area contributed by atoms with E-state index in [9.17, 15) is 0 Å². The fraction of sp³-hybridized carbons (Fsp3) is 0.500. The number of nitrogens with one attached hydrogen (secondary N) is 2. The lowest BCUT2D eigenvalue weighted by Gasteiger charge is -2.10. The molecule has 1 aliphatic carbocycles. The van der Waals surface area contributed by atoms with Crippen LogP contribution in [0.2, 0.25) is 0 Å².